The Morgan fingerprint density at radius 3 is 2.72 bits per heavy atom. The Morgan fingerprint density at radius 2 is 2.11 bits per heavy atom. The van der Waals surface area contributed by atoms with Gasteiger partial charge in [-0.15, -0.1) is 16.7 Å². The Morgan fingerprint density at radius 1 is 1.39 bits per heavy atom. The van der Waals surface area contributed by atoms with Crippen LogP contribution in [0.3, 0.4) is 0 Å². The van der Waals surface area contributed by atoms with Crippen molar-refractivity contribution in [1.82, 2.24) is 10.2 Å². The SMILES string of the molecule is COc1ccc(-c2nnc(NC(=O)CCl)o2)cc1. The predicted octanol–water partition coefficient (Wildman–Crippen LogP) is 1.92. The predicted molar refractivity (Wildman–Crippen MR) is 65.6 cm³/mol. The summed E-state index contributed by atoms with van der Waals surface area (Å²) in [7, 11) is 1.58. The van der Waals surface area contributed by atoms with E-state index in [1.807, 2.05) is 0 Å². The smallest absolute Gasteiger partial charge is 0.322 e. The van der Waals surface area contributed by atoms with E-state index in [1.54, 1.807) is 31.4 Å². The lowest BCUT2D eigenvalue weighted by molar-refractivity contribution is -0.114. The van der Waals surface area contributed by atoms with Gasteiger partial charge >= 0.3 is 6.01 Å². The number of ether oxygens (including phenoxy) is 1. The Hall–Kier alpha value is -2.08. The van der Waals surface area contributed by atoms with Crippen molar-refractivity contribution in [2.75, 3.05) is 18.3 Å². The molecule has 0 aliphatic carbocycles. The van der Waals surface area contributed by atoms with Gasteiger partial charge in [0.15, 0.2) is 0 Å². The Balaban J connectivity index is 2.15. The van der Waals surface area contributed by atoms with Crippen LogP contribution in [-0.2, 0) is 4.79 Å². The maximum Gasteiger partial charge on any atom is 0.322 e. The highest BCUT2D eigenvalue weighted by atomic mass is 35.5. The molecular formula is C11H10ClN3O3. The van der Waals surface area contributed by atoms with Crippen molar-refractivity contribution in [1.29, 1.82) is 0 Å². The van der Waals surface area contributed by atoms with Crippen LogP contribution in [0.5, 0.6) is 5.75 Å². The van der Waals surface area contributed by atoms with Crippen LogP contribution in [-0.4, -0.2) is 29.1 Å². The third-order valence-electron chi connectivity index (χ3n) is 2.13. The van der Waals surface area contributed by atoms with Gasteiger partial charge in [0.2, 0.25) is 11.8 Å². The van der Waals surface area contributed by atoms with Crippen LogP contribution in [0.2, 0.25) is 0 Å². The Bertz CT molecular complexity index is 539. The van der Waals surface area contributed by atoms with E-state index >= 15 is 0 Å². The zero-order valence-corrected chi connectivity index (χ0v) is 10.3. The minimum Gasteiger partial charge on any atom is -0.497 e. The number of rotatable bonds is 4. The number of halogens is 1. The van der Waals surface area contributed by atoms with E-state index in [0.717, 1.165) is 11.3 Å². The number of aromatic nitrogens is 2. The summed E-state index contributed by atoms with van der Waals surface area (Å²) in [6.07, 6.45) is 0. The summed E-state index contributed by atoms with van der Waals surface area (Å²) in [5, 5.41) is 9.87. The standard InChI is InChI=1S/C11H10ClN3O3/c1-17-8-4-2-7(3-5-8)10-14-15-11(18-10)13-9(16)6-12/h2-5H,6H2,1H3,(H,13,15,16). The molecule has 0 saturated heterocycles. The summed E-state index contributed by atoms with van der Waals surface area (Å²) in [6.45, 7) is 0. The molecule has 1 heterocycles. The second kappa shape index (κ2) is 5.50. The zero-order chi connectivity index (χ0) is 13.0. The van der Waals surface area contributed by atoms with Crippen molar-refractivity contribution in [2.45, 2.75) is 0 Å². The average Bonchev–Trinajstić information content (AvgIpc) is 2.87. The highest BCUT2D eigenvalue weighted by molar-refractivity contribution is 6.28. The van der Waals surface area contributed by atoms with Crippen molar-refractivity contribution >= 4 is 23.5 Å². The van der Waals surface area contributed by atoms with Crippen molar-refractivity contribution in [2.24, 2.45) is 0 Å². The quantitative estimate of drug-likeness (QED) is 0.857. The third-order valence-corrected chi connectivity index (χ3v) is 2.37. The minimum atomic E-state index is -0.401. The van der Waals surface area contributed by atoms with Crippen molar-refractivity contribution in [3.8, 4) is 17.2 Å². The summed E-state index contributed by atoms with van der Waals surface area (Å²) in [5.41, 5.74) is 0.731. The zero-order valence-electron chi connectivity index (χ0n) is 9.51. The van der Waals surface area contributed by atoms with Gasteiger partial charge in [-0.1, -0.05) is 5.10 Å². The summed E-state index contributed by atoms with van der Waals surface area (Å²) in [5.74, 6) is 0.471. The fourth-order valence-electron chi connectivity index (χ4n) is 1.28. The second-order valence-corrected chi connectivity index (χ2v) is 3.59. The van der Waals surface area contributed by atoms with Gasteiger partial charge in [0.25, 0.3) is 0 Å². The molecule has 1 aromatic heterocycles. The monoisotopic (exact) mass is 267 g/mol. The van der Waals surface area contributed by atoms with Crippen LogP contribution in [0.25, 0.3) is 11.5 Å². The molecule has 0 atom stereocenters. The molecular weight excluding hydrogens is 258 g/mol. The molecule has 18 heavy (non-hydrogen) atoms. The number of nitrogens with zero attached hydrogens (tertiary/aromatic N) is 2. The lowest BCUT2D eigenvalue weighted by Gasteiger charge is -1.99. The van der Waals surface area contributed by atoms with Gasteiger partial charge in [0.1, 0.15) is 11.6 Å². The number of anilines is 1. The number of methoxy groups -OCH3 is 1. The lowest BCUT2D eigenvalue weighted by atomic mass is 10.2. The van der Waals surface area contributed by atoms with Crippen molar-refractivity contribution < 1.29 is 13.9 Å². The molecule has 2 aromatic rings. The molecule has 6 nitrogen and oxygen atoms in total. The molecule has 0 bridgehead atoms. The summed E-state index contributed by atoms with van der Waals surface area (Å²) in [6, 6.07) is 7.12. The van der Waals surface area contributed by atoms with Crippen LogP contribution in [0.4, 0.5) is 6.01 Å². The van der Waals surface area contributed by atoms with E-state index in [0.29, 0.717) is 5.89 Å². The lowest BCUT2D eigenvalue weighted by Crippen LogP contribution is -2.12. The molecule has 0 fully saturated rings. The number of carbonyl (C=O) groups excluding carboxylic acids is 1. The normalized spacial score (nSPS) is 10.1. The van der Waals surface area contributed by atoms with E-state index in [4.69, 9.17) is 20.8 Å². The number of alkyl halides is 1. The van der Waals surface area contributed by atoms with Crippen molar-refractivity contribution in [3.63, 3.8) is 0 Å². The maximum absolute atomic E-state index is 11.0. The fraction of sp³-hybridized carbons (Fsp3) is 0.182. The number of benzene rings is 1. The fourth-order valence-corrected chi connectivity index (χ4v) is 1.34. The van der Waals surface area contributed by atoms with Crippen LogP contribution in [0, 0.1) is 0 Å². The topological polar surface area (TPSA) is 77.3 Å². The van der Waals surface area contributed by atoms with Gasteiger partial charge in [-0.05, 0) is 24.3 Å². The first-order chi connectivity index (χ1) is 8.72. The van der Waals surface area contributed by atoms with Gasteiger partial charge in [-0.2, -0.15) is 0 Å². The largest absolute Gasteiger partial charge is 0.497 e. The van der Waals surface area contributed by atoms with Crippen molar-refractivity contribution in [3.05, 3.63) is 24.3 Å². The molecule has 7 heteroatoms. The van der Waals surface area contributed by atoms with Crippen LogP contribution >= 0.6 is 11.6 Å². The third kappa shape index (κ3) is 2.78. The van der Waals surface area contributed by atoms with Gasteiger partial charge in [0.05, 0.1) is 7.11 Å². The molecule has 0 saturated carbocycles. The summed E-state index contributed by atoms with van der Waals surface area (Å²) < 4.78 is 10.3. The minimum absolute atomic E-state index is 0.0199. The molecule has 94 valence electrons. The molecule has 1 aromatic carbocycles. The van der Waals surface area contributed by atoms with E-state index in [2.05, 4.69) is 15.5 Å². The van der Waals surface area contributed by atoms with Crippen LogP contribution in [0.15, 0.2) is 28.7 Å². The molecule has 0 aliphatic rings. The number of carbonyl (C=O) groups is 1. The van der Waals surface area contributed by atoms with Gasteiger partial charge < -0.3 is 9.15 Å². The molecule has 0 unspecified atom stereocenters. The molecule has 0 aliphatic heterocycles. The highest BCUT2D eigenvalue weighted by Crippen LogP contribution is 2.22. The number of amides is 1. The number of hydrogen-bond donors (Lipinski definition) is 1. The van der Waals surface area contributed by atoms with E-state index in [9.17, 15) is 4.79 Å². The molecule has 1 N–H and O–H groups in total. The van der Waals surface area contributed by atoms with E-state index in [-0.39, 0.29) is 11.9 Å². The van der Waals surface area contributed by atoms with E-state index in [1.165, 1.54) is 0 Å². The first kappa shape index (κ1) is 12.4. The molecule has 0 radical (unpaired) electrons. The number of hydrogen-bond acceptors (Lipinski definition) is 5. The van der Waals surface area contributed by atoms with Gasteiger partial charge in [0, 0.05) is 5.56 Å². The van der Waals surface area contributed by atoms with Crippen LogP contribution < -0.4 is 10.1 Å². The van der Waals surface area contributed by atoms with Gasteiger partial charge in [-0.3, -0.25) is 10.1 Å². The second-order valence-electron chi connectivity index (χ2n) is 3.32. The highest BCUT2D eigenvalue weighted by Gasteiger charge is 2.10. The van der Waals surface area contributed by atoms with Crippen LogP contribution in [0.1, 0.15) is 0 Å². The average molecular weight is 268 g/mol. The van der Waals surface area contributed by atoms with E-state index < -0.39 is 5.91 Å². The maximum atomic E-state index is 11.0. The summed E-state index contributed by atoms with van der Waals surface area (Å²) >= 11 is 5.34. The number of nitrogens with one attached hydrogen (secondary N) is 1. The summed E-state index contributed by atoms with van der Waals surface area (Å²) in [4.78, 5) is 11.0. The Labute approximate surface area is 108 Å². The molecule has 0 spiro atoms. The Kier molecular flexibility index (Phi) is 3.78. The first-order valence-corrected chi connectivity index (χ1v) is 5.60. The molecule has 2 rings (SSSR count). The van der Waals surface area contributed by atoms with Gasteiger partial charge in [-0.25, -0.2) is 0 Å². The molecule has 1 amide bonds. The first-order valence-electron chi connectivity index (χ1n) is 5.06.